The largest absolute Gasteiger partial charge is 0.229 e. The predicted octanol–water partition coefficient (Wildman–Crippen LogP) is 22.1. The van der Waals surface area contributed by atoms with Gasteiger partial charge in [0.1, 0.15) is 0 Å². The van der Waals surface area contributed by atoms with E-state index in [1.54, 1.807) is 0 Å². The van der Waals surface area contributed by atoms with E-state index in [0.29, 0.717) is 0 Å². The van der Waals surface area contributed by atoms with E-state index in [0.717, 1.165) is 77.0 Å². The van der Waals surface area contributed by atoms with Crippen molar-refractivity contribution in [3.05, 3.63) is 0 Å². The number of sulfonamides is 4. The fourth-order valence-corrected chi connectivity index (χ4v) is 13.8. The van der Waals surface area contributed by atoms with E-state index >= 15 is 0 Å². The van der Waals surface area contributed by atoms with E-state index in [4.69, 9.17) is 20.6 Å². The zero-order chi connectivity index (χ0) is 66.1. The first kappa shape index (κ1) is 97.8. The minimum absolute atomic E-state index is 0. The minimum Gasteiger partial charge on any atom is -0.229 e. The third kappa shape index (κ3) is 113. The van der Waals surface area contributed by atoms with Crippen molar-refractivity contribution in [2.75, 3.05) is 23.0 Å². The average molecular weight is 1400 g/mol. The van der Waals surface area contributed by atoms with E-state index in [1.807, 2.05) is 0 Å². The summed E-state index contributed by atoms with van der Waals surface area (Å²) in [7, 11) is -13.0. The minimum atomic E-state index is -3.24. The molecule has 89 heavy (non-hydrogen) atoms. The summed E-state index contributed by atoms with van der Waals surface area (Å²) in [4.78, 5) is 0. The second kappa shape index (κ2) is 78.9. The van der Waals surface area contributed by atoms with Crippen LogP contribution in [0.4, 0.5) is 0 Å². The summed E-state index contributed by atoms with van der Waals surface area (Å²) in [5.74, 6) is 0.577. The van der Waals surface area contributed by atoms with Crippen LogP contribution in [0.25, 0.3) is 0 Å². The number of nitrogens with two attached hydrogens (primary N) is 4. The molecule has 0 aromatic rings. The van der Waals surface area contributed by atoms with Crippen molar-refractivity contribution in [3.8, 4) is 0 Å². The van der Waals surface area contributed by atoms with Gasteiger partial charge in [-0.05, 0) is 25.7 Å². The van der Waals surface area contributed by atoms with Gasteiger partial charge in [-0.15, -0.1) is 0 Å². The number of hydrogen-bond acceptors (Lipinski definition) is 8. The Morgan fingerprint density at radius 1 is 0.146 bits per heavy atom. The van der Waals surface area contributed by atoms with Crippen LogP contribution in [0.15, 0.2) is 0 Å². The molecular formula is C72H156CuN4O8S4. The topological polar surface area (TPSA) is 241 Å². The van der Waals surface area contributed by atoms with Crippen LogP contribution in [0.3, 0.4) is 0 Å². The monoisotopic (exact) mass is 1400 g/mol. The first-order valence-corrected chi connectivity index (χ1v) is 45.1. The van der Waals surface area contributed by atoms with Gasteiger partial charge in [0, 0.05) is 17.1 Å². The first-order chi connectivity index (χ1) is 42.2. The summed E-state index contributed by atoms with van der Waals surface area (Å²) in [6.45, 7) is 9.07. The third-order valence-corrected chi connectivity index (χ3v) is 20.6. The van der Waals surface area contributed by atoms with Crippen molar-refractivity contribution in [1.82, 2.24) is 0 Å². The zero-order valence-electron chi connectivity index (χ0n) is 59.6. The van der Waals surface area contributed by atoms with Crippen molar-refractivity contribution < 1.29 is 50.7 Å². The molecule has 0 atom stereocenters. The van der Waals surface area contributed by atoms with Crippen LogP contribution >= 0.6 is 0 Å². The van der Waals surface area contributed by atoms with Crippen LogP contribution in [-0.2, 0) is 57.2 Å². The Hall–Kier alpha value is 0.159. The van der Waals surface area contributed by atoms with Crippen molar-refractivity contribution in [2.24, 2.45) is 20.6 Å². The van der Waals surface area contributed by atoms with Crippen molar-refractivity contribution in [3.63, 3.8) is 0 Å². The molecule has 0 heterocycles. The van der Waals surface area contributed by atoms with Crippen molar-refractivity contribution in [1.29, 1.82) is 0 Å². The summed E-state index contributed by atoms with van der Waals surface area (Å²) in [6, 6.07) is 0. The van der Waals surface area contributed by atoms with Gasteiger partial charge in [0.15, 0.2) is 0 Å². The SMILES string of the molecule is CCCCCCCCCCCCCCCCCCS(N)(=O)=O.CCCCCCCCCCCCCCCCCCS(N)(=O)=O.CCCCCCCCCCCCCCCCCCS(N)(=O)=O.CCCCCCCCCCCCCCCCCCS(N)(=O)=O.[Cu]. The van der Waals surface area contributed by atoms with Gasteiger partial charge >= 0.3 is 0 Å². The Morgan fingerprint density at radius 2 is 0.213 bits per heavy atom. The first-order valence-electron chi connectivity index (χ1n) is 38.3. The van der Waals surface area contributed by atoms with E-state index < -0.39 is 40.1 Å². The van der Waals surface area contributed by atoms with Gasteiger partial charge in [-0.3, -0.25) is 0 Å². The molecule has 0 aliphatic heterocycles. The van der Waals surface area contributed by atoms with E-state index in [-0.39, 0.29) is 40.1 Å². The Kier molecular flexibility index (Phi) is 86.7. The number of primary sulfonamides is 4. The molecule has 0 bridgehead atoms. The molecule has 0 rings (SSSR count). The Labute approximate surface area is 569 Å². The molecular weight excluding hydrogens is 1240 g/mol. The summed E-state index contributed by atoms with van der Waals surface area (Å²) < 4.78 is 86.1. The summed E-state index contributed by atoms with van der Waals surface area (Å²) >= 11 is 0. The molecule has 0 amide bonds. The van der Waals surface area contributed by atoms with Gasteiger partial charge in [0.25, 0.3) is 0 Å². The Balaban J connectivity index is -0.000000351. The van der Waals surface area contributed by atoms with Crippen LogP contribution in [0.1, 0.15) is 439 Å². The summed E-state index contributed by atoms with van der Waals surface area (Å²) in [5, 5.41) is 19.9. The Morgan fingerprint density at radius 3 is 0.281 bits per heavy atom. The Bertz CT molecular complexity index is 1520. The normalized spacial score (nSPS) is 11.8. The van der Waals surface area contributed by atoms with Gasteiger partial charge in [0.2, 0.25) is 40.1 Å². The molecule has 8 N–H and O–H groups in total. The molecule has 0 aromatic heterocycles. The standard InChI is InChI=1S/4C18H39NO2S.Cu/c4*1-2-3-4-5-6-7-8-9-10-11-12-13-14-15-16-17-18-22(19,20)21;/h4*2-18H2,1H3,(H2,19,20,21);. The van der Waals surface area contributed by atoms with Gasteiger partial charge in [-0.25, -0.2) is 54.2 Å². The molecule has 17 heteroatoms. The number of rotatable bonds is 68. The van der Waals surface area contributed by atoms with Crippen LogP contribution in [-0.4, -0.2) is 56.7 Å². The van der Waals surface area contributed by atoms with Crippen molar-refractivity contribution in [2.45, 2.75) is 439 Å². The summed E-state index contributed by atoms with van der Waals surface area (Å²) in [6.07, 6.45) is 83.1. The second-order valence-electron chi connectivity index (χ2n) is 26.7. The van der Waals surface area contributed by atoms with Crippen LogP contribution in [0.5, 0.6) is 0 Å². The third-order valence-electron chi connectivity index (χ3n) is 17.1. The van der Waals surface area contributed by atoms with Gasteiger partial charge in [-0.2, -0.15) is 0 Å². The molecule has 547 valence electrons. The molecule has 1 radical (unpaired) electrons. The maximum absolute atomic E-state index is 10.8. The molecule has 12 nitrogen and oxygen atoms in total. The molecule has 0 aliphatic carbocycles. The van der Waals surface area contributed by atoms with Gasteiger partial charge in [-0.1, -0.05) is 413 Å². The second-order valence-corrected chi connectivity index (χ2v) is 33.6. The number of hydrogen-bond donors (Lipinski definition) is 4. The molecule has 0 spiro atoms. The average Bonchev–Trinajstić information content (AvgIpc) is 3.46. The number of unbranched alkanes of at least 4 members (excludes halogenated alkanes) is 60. The van der Waals surface area contributed by atoms with Crippen LogP contribution in [0.2, 0.25) is 0 Å². The molecule has 0 unspecified atom stereocenters. The zero-order valence-corrected chi connectivity index (χ0v) is 63.8. The maximum Gasteiger partial charge on any atom is 0.209 e. The molecule has 0 fully saturated rings. The molecule has 0 saturated carbocycles. The fourth-order valence-electron chi connectivity index (χ4n) is 11.4. The van der Waals surface area contributed by atoms with Gasteiger partial charge in [0.05, 0.1) is 23.0 Å². The smallest absolute Gasteiger partial charge is 0.209 e. The van der Waals surface area contributed by atoms with Crippen LogP contribution in [0, 0.1) is 0 Å². The quantitative estimate of drug-likeness (QED) is 0.0336. The molecule has 0 aromatic carbocycles. The maximum atomic E-state index is 10.8. The predicted molar refractivity (Wildman–Crippen MR) is 390 cm³/mol. The fraction of sp³-hybridized carbons (Fsp3) is 1.00. The molecule has 0 saturated heterocycles. The van der Waals surface area contributed by atoms with E-state index in [9.17, 15) is 33.7 Å². The van der Waals surface area contributed by atoms with E-state index in [1.165, 1.54) is 334 Å². The van der Waals surface area contributed by atoms with E-state index in [2.05, 4.69) is 27.7 Å². The van der Waals surface area contributed by atoms with Gasteiger partial charge < -0.3 is 0 Å². The summed E-state index contributed by atoms with van der Waals surface area (Å²) in [5.41, 5.74) is 0. The van der Waals surface area contributed by atoms with Crippen molar-refractivity contribution >= 4 is 40.1 Å². The molecule has 0 aliphatic rings. The van der Waals surface area contributed by atoms with Crippen LogP contribution < -0.4 is 20.6 Å².